The fourth-order valence-corrected chi connectivity index (χ4v) is 4.27. The van der Waals surface area contributed by atoms with Crippen LogP contribution in [0.25, 0.3) is 0 Å². The van der Waals surface area contributed by atoms with Crippen molar-refractivity contribution in [3.8, 4) is 0 Å². The molecule has 1 heterocycles. The Morgan fingerprint density at radius 2 is 1.52 bits per heavy atom. The Labute approximate surface area is 183 Å². The van der Waals surface area contributed by atoms with E-state index in [9.17, 15) is 9.59 Å². The summed E-state index contributed by atoms with van der Waals surface area (Å²) in [6, 6.07) is 28.5. The molecule has 1 N–H and O–H groups in total. The lowest BCUT2D eigenvalue weighted by molar-refractivity contribution is -0.135. The van der Waals surface area contributed by atoms with E-state index in [0.29, 0.717) is 13.1 Å². The number of hydrogen-bond donors (Lipinski definition) is 1. The molecule has 0 aliphatic carbocycles. The van der Waals surface area contributed by atoms with Gasteiger partial charge in [-0.15, -0.1) is 0 Å². The second-order valence-electron chi connectivity index (χ2n) is 7.93. The van der Waals surface area contributed by atoms with Crippen LogP contribution in [0.4, 0.5) is 0 Å². The Morgan fingerprint density at radius 1 is 0.839 bits per heavy atom. The van der Waals surface area contributed by atoms with E-state index in [1.807, 2.05) is 59.5 Å². The van der Waals surface area contributed by atoms with Gasteiger partial charge in [-0.3, -0.25) is 9.59 Å². The lowest BCUT2D eigenvalue weighted by Gasteiger charge is -2.38. The molecule has 3 aromatic rings. The number of benzene rings is 3. The van der Waals surface area contributed by atoms with Gasteiger partial charge in [-0.25, -0.2) is 0 Å². The van der Waals surface area contributed by atoms with Gasteiger partial charge >= 0.3 is 0 Å². The van der Waals surface area contributed by atoms with Gasteiger partial charge < -0.3 is 10.2 Å². The zero-order chi connectivity index (χ0) is 21.5. The second-order valence-corrected chi connectivity index (χ2v) is 7.93. The Hall–Kier alpha value is -3.40. The molecule has 158 valence electrons. The molecule has 0 bridgehead atoms. The Balaban J connectivity index is 1.37. The number of carbonyl (C=O) groups excluding carboxylic acids is 2. The SMILES string of the molecule is O=C(CCC(=O)N1CCc2ccccc2[C@@H]1c1ccccc1)NCCc1ccccc1. The van der Waals surface area contributed by atoms with Crippen LogP contribution >= 0.6 is 0 Å². The molecular formula is C27H28N2O2. The number of rotatable bonds is 7. The Bertz CT molecular complexity index is 1020. The molecule has 4 rings (SSSR count). The fourth-order valence-electron chi connectivity index (χ4n) is 4.27. The molecule has 0 aromatic heterocycles. The summed E-state index contributed by atoms with van der Waals surface area (Å²) < 4.78 is 0. The zero-order valence-corrected chi connectivity index (χ0v) is 17.7. The van der Waals surface area contributed by atoms with E-state index in [1.54, 1.807) is 0 Å². The quantitative estimate of drug-likeness (QED) is 0.629. The van der Waals surface area contributed by atoms with Crippen molar-refractivity contribution in [2.45, 2.75) is 31.7 Å². The van der Waals surface area contributed by atoms with Gasteiger partial charge in [0.05, 0.1) is 6.04 Å². The third-order valence-electron chi connectivity index (χ3n) is 5.86. The van der Waals surface area contributed by atoms with Gasteiger partial charge in [-0.1, -0.05) is 84.9 Å². The zero-order valence-electron chi connectivity index (χ0n) is 17.7. The normalized spacial score (nSPS) is 15.2. The smallest absolute Gasteiger partial charge is 0.223 e. The van der Waals surface area contributed by atoms with E-state index in [1.165, 1.54) is 16.7 Å². The van der Waals surface area contributed by atoms with E-state index < -0.39 is 0 Å². The van der Waals surface area contributed by atoms with Gasteiger partial charge in [0.25, 0.3) is 0 Å². The predicted octanol–water partition coefficient (Wildman–Crippen LogP) is 4.30. The van der Waals surface area contributed by atoms with Crippen LogP contribution in [0.15, 0.2) is 84.9 Å². The Morgan fingerprint density at radius 3 is 2.29 bits per heavy atom. The minimum atomic E-state index is -0.0974. The number of nitrogens with one attached hydrogen (secondary N) is 1. The molecule has 3 aromatic carbocycles. The average molecular weight is 413 g/mol. The molecule has 4 nitrogen and oxygen atoms in total. The predicted molar refractivity (Wildman–Crippen MR) is 123 cm³/mol. The lowest BCUT2D eigenvalue weighted by atomic mass is 9.88. The minimum Gasteiger partial charge on any atom is -0.356 e. The standard InChI is InChI=1S/C27H28N2O2/c30-25(28-19-17-21-9-3-1-4-10-21)15-16-26(31)29-20-18-22-11-7-8-14-24(22)27(29)23-12-5-2-6-13-23/h1-14,27H,15-20H2,(H,28,30)/t27-/m0/s1. The van der Waals surface area contributed by atoms with E-state index >= 15 is 0 Å². The van der Waals surface area contributed by atoms with Gasteiger partial charge in [-0.2, -0.15) is 0 Å². The molecule has 0 saturated carbocycles. The number of carbonyl (C=O) groups is 2. The fraction of sp³-hybridized carbons (Fsp3) is 0.259. The van der Waals surface area contributed by atoms with Crippen molar-refractivity contribution in [2.24, 2.45) is 0 Å². The summed E-state index contributed by atoms with van der Waals surface area (Å²) in [4.78, 5) is 27.4. The second kappa shape index (κ2) is 10.1. The maximum atomic E-state index is 13.1. The van der Waals surface area contributed by atoms with Crippen LogP contribution in [0, 0.1) is 0 Å². The van der Waals surface area contributed by atoms with Crippen molar-refractivity contribution >= 4 is 11.8 Å². The number of hydrogen-bond acceptors (Lipinski definition) is 2. The molecule has 2 amide bonds. The largest absolute Gasteiger partial charge is 0.356 e. The molecule has 0 fully saturated rings. The first-order valence-corrected chi connectivity index (χ1v) is 11.0. The monoisotopic (exact) mass is 412 g/mol. The summed E-state index contributed by atoms with van der Waals surface area (Å²) in [6.45, 7) is 1.26. The highest BCUT2D eigenvalue weighted by Gasteiger charge is 2.31. The summed E-state index contributed by atoms with van der Waals surface area (Å²) in [5.74, 6) is -0.0421. The third-order valence-corrected chi connectivity index (χ3v) is 5.86. The highest BCUT2D eigenvalue weighted by Crippen LogP contribution is 2.35. The molecule has 0 spiro atoms. The van der Waals surface area contributed by atoms with Gasteiger partial charge in [0, 0.05) is 25.9 Å². The molecule has 0 radical (unpaired) electrons. The molecule has 4 heteroatoms. The van der Waals surface area contributed by atoms with Gasteiger partial charge in [0.1, 0.15) is 0 Å². The first-order chi connectivity index (χ1) is 15.2. The van der Waals surface area contributed by atoms with E-state index in [4.69, 9.17) is 0 Å². The van der Waals surface area contributed by atoms with Crippen molar-refractivity contribution < 1.29 is 9.59 Å². The summed E-state index contributed by atoms with van der Waals surface area (Å²) in [5.41, 5.74) is 4.77. The van der Waals surface area contributed by atoms with Crippen molar-refractivity contribution in [3.05, 3.63) is 107 Å². The summed E-state index contributed by atoms with van der Waals surface area (Å²) in [6.07, 6.45) is 2.07. The maximum Gasteiger partial charge on any atom is 0.223 e. The van der Waals surface area contributed by atoms with E-state index in [0.717, 1.165) is 18.4 Å². The van der Waals surface area contributed by atoms with Gasteiger partial charge in [-0.05, 0) is 35.1 Å². The molecule has 1 aliphatic heterocycles. The highest BCUT2D eigenvalue weighted by molar-refractivity contribution is 5.84. The van der Waals surface area contributed by atoms with Crippen molar-refractivity contribution in [3.63, 3.8) is 0 Å². The molecule has 31 heavy (non-hydrogen) atoms. The molecule has 1 aliphatic rings. The van der Waals surface area contributed by atoms with Crippen LogP contribution in [0.1, 0.15) is 41.1 Å². The number of amides is 2. The van der Waals surface area contributed by atoms with Crippen molar-refractivity contribution in [1.29, 1.82) is 0 Å². The lowest BCUT2D eigenvalue weighted by Crippen LogP contribution is -2.41. The van der Waals surface area contributed by atoms with E-state index in [-0.39, 0.29) is 30.7 Å². The number of fused-ring (bicyclic) bond motifs is 1. The molecule has 1 atom stereocenters. The molecular weight excluding hydrogens is 384 g/mol. The van der Waals surface area contributed by atoms with Gasteiger partial charge in [0.15, 0.2) is 0 Å². The topological polar surface area (TPSA) is 49.4 Å². The molecule has 0 unspecified atom stereocenters. The van der Waals surface area contributed by atoms with Crippen LogP contribution in [0.3, 0.4) is 0 Å². The third kappa shape index (κ3) is 5.21. The number of nitrogens with zero attached hydrogens (tertiary/aromatic N) is 1. The molecule has 0 saturated heterocycles. The Kier molecular flexibility index (Phi) is 6.78. The highest BCUT2D eigenvalue weighted by atomic mass is 16.2. The van der Waals surface area contributed by atoms with Crippen molar-refractivity contribution in [1.82, 2.24) is 10.2 Å². The van der Waals surface area contributed by atoms with Crippen LogP contribution < -0.4 is 5.32 Å². The van der Waals surface area contributed by atoms with Gasteiger partial charge in [0.2, 0.25) is 11.8 Å². The summed E-state index contributed by atoms with van der Waals surface area (Å²) >= 11 is 0. The summed E-state index contributed by atoms with van der Waals surface area (Å²) in [5, 5.41) is 2.94. The van der Waals surface area contributed by atoms with E-state index in [2.05, 4.69) is 35.6 Å². The minimum absolute atomic E-state index is 0.0292. The first kappa shape index (κ1) is 20.9. The van der Waals surface area contributed by atoms with Crippen LogP contribution in [-0.2, 0) is 22.4 Å². The van der Waals surface area contributed by atoms with Crippen LogP contribution in [0.5, 0.6) is 0 Å². The average Bonchev–Trinajstić information content (AvgIpc) is 2.83. The summed E-state index contributed by atoms with van der Waals surface area (Å²) in [7, 11) is 0. The van der Waals surface area contributed by atoms with Crippen LogP contribution in [-0.4, -0.2) is 29.8 Å². The maximum absolute atomic E-state index is 13.1. The van der Waals surface area contributed by atoms with Crippen molar-refractivity contribution in [2.75, 3.05) is 13.1 Å². The van der Waals surface area contributed by atoms with Crippen LogP contribution in [0.2, 0.25) is 0 Å². The first-order valence-electron chi connectivity index (χ1n) is 11.0.